The SMILES string of the molecule is CCCOCCc1nc(C(C)CN)no1. The average Bonchev–Trinajstić information content (AvgIpc) is 2.72. The molecule has 1 aromatic heterocycles. The molecule has 0 spiro atoms. The summed E-state index contributed by atoms with van der Waals surface area (Å²) >= 11 is 0. The van der Waals surface area contributed by atoms with E-state index in [1.165, 1.54) is 0 Å². The third kappa shape index (κ3) is 3.97. The molecule has 5 nitrogen and oxygen atoms in total. The minimum absolute atomic E-state index is 0.152. The highest BCUT2D eigenvalue weighted by molar-refractivity contribution is 4.94. The Morgan fingerprint density at radius 3 is 2.93 bits per heavy atom. The zero-order valence-corrected chi connectivity index (χ0v) is 9.40. The monoisotopic (exact) mass is 213 g/mol. The summed E-state index contributed by atoms with van der Waals surface area (Å²) in [6.07, 6.45) is 1.70. The van der Waals surface area contributed by atoms with Crippen LogP contribution in [0, 0.1) is 0 Å². The van der Waals surface area contributed by atoms with Crippen molar-refractivity contribution in [3.05, 3.63) is 11.7 Å². The number of nitrogens with two attached hydrogens (primary N) is 1. The van der Waals surface area contributed by atoms with E-state index >= 15 is 0 Å². The molecule has 86 valence electrons. The quantitative estimate of drug-likeness (QED) is 0.686. The molecule has 5 heteroatoms. The van der Waals surface area contributed by atoms with Gasteiger partial charge >= 0.3 is 0 Å². The molecule has 0 saturated heterocycles. The van der Waals surface area contributed by atoms with Crippen LogP contribution in [-0.2, 0) is 11.2 Å². The highest BCUT2D eigenvalue weighted by Gasteiger charge is 2.11. The minimum Gasteiger partial charge on any atom is -0.381 e. The minimum atomic E-state index is 0.152. The van der Waals surface area contributed by atoms with Crippen LogP contribution in [0.2, 0.25) is 0 Å². The van der Waals surface area contributed by atoms with E-state index in [1.807, 2.05) is 6.92 Å². The van der Waals surface area contributed by atoms with E-state index in [-0.39, 0.29) is 5.92 Å². The molecule has 0 bridgehead atoms. The summed E-state index contributed by atoms with van der Waals surface area (Å²) < 4.78 is 10.4. The molecule has 2 N–H and O–H groups in total. The van der Waals surface area contributed by atoms with Crippen molar-refractivity contribution in [2.75, 3.05) is 19.8 Å². The first-order chi connectivity index (χ1) is 7.27. The lowest BCUT2D eigenvalue weighted by atomic mass is 10.2. The first-order valence-corrected chi connectivity index (χ1v) is 5.38. The van der Waals surface area contributed by atoms with Gasteiger partial charge < -0.3 is 15.0 Å². The molecule has 1 aromatic rings. The van der Waals surface area contributed by atoms with E-state index in [0.717, 1.165) is 13.0 Å². The van der Waals surface area contributed by atoms with Gasteiger partial charge in [0.15, 0.2) is 5.82 Å². The van der Waals surface area contributed by atoms with Gasteiger partial charge in [0.1, 0.15) is 0 Å². The van der Waals surface area contributed by atoms with Crippen LogP contribution in [0.1, 0.15) is 37.9 Å². The molecule has 0 radical (unpaired) electrons. The molecular weight excluding hydrogens is 194 g/mol. The molecule has 1 rings (SSSR count). The molecule has 0 aromatic carbocycles. The Morgan fingerprint density at radius 2 is 2.27 bits per heavy atom. The summed E-state index contributed by atoms with van der Waals surface area (Å²) in [7, 11) is 0. The Labute approximate surface area is 90.0 Å². The van der Waals surface area contributed by atoms with Crippen molar-refractivity contribution < 1.29 is 9.26 Å². The molecule has 0 aliphatic carbocycles. The third-order valence-corrected chi connectivity index (χ3v) is 2.09. The Hall–Kier alpha value is -0.940. The van der Waals surface area contributed by atoms with E-state index in [0.29, 0.717) is 31.3 Å². The molecule has 0 aliphatic rings. The fraction of sp³-hybridized carbons (Fsp3) is 0.800. The van der Waals surface area contributed by atoms with Gasteiger partial charge in [0.05, 0.1) is 13.0 Å². The topological polar surface area (TPSA) is 74.2 Å². The molecule has 1 atom stereocenters. The fourth-order valence-corrected chi connectivity index (χ4v) is 1.08. The van der Waals surface area contributed by atoms with Crippen molar-refractivity contribution in [1.82, 2.24) is 10.1 Å². The second-order valence-electron chi connectivity index (χ2n) is 3.55. The average molecular weight is 213 g/mol. The van der Waals surface area contributed by atoms with E-state index in [4.69, 9.17) is 15.0 Å². The Bertz CT molecular complexity index is 275. The normalized spacial score (nSPS) is 13.0. The van der Waals surface area contributed by atoms with E-state index in [9.17, 15) is 0 Å². The van der Waals surface area contributed by atoms with Crippen molar-refractivity contribution in [1.29, 1.82) is 0 Å². The Morgan fingerprint density at radius 1 is 1.47 bits per heavy atom. The summed E-state index contributed by atoms with van der Waals surface area (Å²) in [6.45, 7) is 5.99. The maximum Gasteiger partial charge on any atom is 0.228 e. The van der Waals surface area contributed by atoms with Gasteiger partial charge in [-0.3, -0.25) is 0 Å². The smallest absolute Gasteiger partial charge is 0.228 e. The first kappa shape index (κ1) is 12.1. The van der Waals surface area contributed by atoms with E-state index < -0.39 is 0 Å². The van der Waals surface area contributed by atoms with Crippen LogP contribution in [-0.4, -0.2) is 29.9 Å². The number of hydrogen-bond acceptors (Lipinski definition) is 5. The molecule has 0 aliphatic heterocycles. The summed E-state index contributed by atoms with van der Waals surface area (Å²) in [5.74, 6) is 1.46. The number of hydrogen-bond donors (Lipinski definition) is 1. The third-order valence-electron chi connectivity index (χ3n) is 2.09. The zero-order chi connectivity index (χ0) is 11.1. The van der Waals surface area contributed by atoms with Crippen LogP contribution in [0.25, 0.3) is 0 Å². The molecule has 0 fully saturated rings. The van der Waals surface area contributed by atoms with Crippen LogP contribution in [0.15, 0.2) is 4.52 Å². The standard InChI is InChI=1S/C10H19N3O2/c1-3-5-14-6-4-9-12-10(13-15-9)8(2)7-11/h8H,3-7,11H2,1-2H3. The molecule has 0 amide bonds. The summed E-state index contributed by atoms with van der Waals surface area (Å²) in [5.41, 5.74) is 5.51. The van der Waals surface area contributed by atoms with E-state index in [1.54, 1.807) is 0 Å². The van der Waals surface area contributed by atoms with Gasteiger partial charge in [-0.2, -0.15) is 4.98 Å². The molecular formula is C10H19N3O2. The van der Waals surface area contributed by atoms with Crippen molar-refractivity contribution >= 4 is 0 Å². The zero-order valence-electron chi connectivity index (χ0n) is 9.40. The lowest BCUT2D eigenvalue weighted by molar-refractivity contribution is 0.132. The summed E-state index contributed by atoms with van der Waals surface area (Å²) in [4.78, 5) is 4.24. The van der Waals surface area contributed by atoms with Crippen LogP contribution < -0.4 is 5.73 Å². The van der Waals surface area contributed by atoms with Crippen LogP contribution in [0.4, 0.5) is 0 Å². The number of rotatable bonds is 7. The van der Waals surface area contributed by atoms with Gasteiger partial charge in [0.2, 0.25) is 5.89 Å². The van der Waals surface area contributed by atoms with Gasteiger partial charge in [-0.1, -0.05) is 19.0 Å². The lowest BCUT2D eigenvalue weighted by Crippen LogP contribution is -2.10. The fourth-order valence-electron chi connectivity index (χ4n) is 1.08. The van der Waals surface area contributed by atoms with Crippen LogP contribution in [0.3, 0.4) is 0 Å². The second-order valence-corrected chi connectivity index (χ2v) is 3.55. The van der Waals surface area contributed by atoms with Gasteiger partial charge in [-0.15, -0.1) is 0 Å². The van der Waals surface area contributed by atoms with Crippen LogP contribution in [0.5, 0.6) is 0 Å². The van der Waals surface area contributed by atoms with Crippen molar-refractivity contribution in [2.45, 2.75) is 32.6 Å². The number of ether oxygens (including phenoxy) is 1. The molecule has 1 heterocycles. The van der Waals surface area contributed by atoms with Crippen molar-refractivity contribution in [3.63, 3.8) is 0 Å². The predicted molar refractivity (Wildman–Crippen MR) is 56.6 cm³/mol. The number of nitrogens with zero attached hydrogens (tertiary/aromatic N) is 2. The van der Waals surface area contributed by atoms with Gasteiger partial charge in [0.25, 0.3) is 0 Å². The van der Waals surface area contributed by atoms with Gasteiger partial charge in [-0.25, -0.2) is 0 Å². The van der Waals surface area contributed by atoms with Crippen LogP contribution >= 0.6 is 0 Å². The maximum atomic E-state index is 5.51. The highest BCUT2D eigenvalue weighted by atomic mass is 16.5. The predicted octanol–water partition coefficient (Wildman–Crippen LogP) is 1.10. The Kier molecular flexibility index (Phi) is 5.28. The van der Waals surface area contributed by atoms with Crippen molar-refractivity contribution in [3.8, 4) is 0 Å². The lowest BCUT2D eigenvalue weighted by Gasteiger charge is -1.99. The largest absolute Gasteiger partial charge is 0.381 e. The Balaban J connectivity index is 2.33. The maximum absolute atomic E-state index is 5.51. The summed E-state index contributed by atoms with van der Waals surface area (Å²) in [6, 6.07) is 0. The second kappa shape index (κ2) is 6.53. The molecule has 0 saturated carbocycles. The highest BCUT2D eigenvalue weighted by Crippen LogP contribution is 2.09. The van der Waals surface area contributed by atoms with Crippen molar-refractivity contribution in [2.24, 2.45) is 5.73 Å². The summed E-state index contributed by atoms with van der Waals surface area (Å²) in [5, 5.41) is 3.86. The number of aromatic nitrogens is 2. The first-order valence-electron chi connectivity index (χ1n) is 5.38. The molecule has 1 unspecified atom stereocenters. The van der Waals surface area contributed by atoms with Gasteiger partial charge in [-0.05, 0) is 6.42 Å². The van der Waals surface area contributed by atoms with Gasteiger partial charge in [0, 0.05) is 19.1 Å². The molecule has 15 heavy (non-hydrogen) atoms. The van der Waals surface area contributed by atoms with E-state index in [2.05, 4.69) is 17.1 Å².